The van der Waals surface area contributed by atoms with Crippen LogP contribution < -0.4 is 5.32 Å². The van der Waals surface area contributed by atoms with Crippen molar-refractivity contribution in [2.24, 2.45) is 7.05 Å². The largest absolute Gasteiger partial charge is 0.325 e. The van der Waals surface area contributed by atoms with Crippen molar-refractivity contribution >= 4 is 23.4 Å². The summed E-state index contributed by atoms with van der Waals surface area (Å²) >= 11 is 1.58. The number of carbonyl (C=O) groups is 1. The first-order valence-electron chi connectivity index (χ1n) is 6.05. The third kappa shape index (κ3) is 4.44. The highest BCUT2D eigenvalue weighted by molar-refractivity contribution is 7.99. The highest BCUT2D eigenvalue weighted by Crippen LogP contribution is 2.13. The second-order valence-corrected chi connectivity index (χ2v) is 5.41. The van der Waals surface area contributed by atoms with Crippen LogP contribution in [-0.2, 0) is 17.6 Å². The number of nitrogens with one attached hydrogen (secondary N) is 1. The van der Waals surface area contributed by atoms with E-state index in [4.69, 9.17) is 0 Å². The second-order valence-electron chi connectivity index (χ2n) is 4.43. The molecule has 0 radical (unpaired) electrons. The summed E-state index contributed by atoms with van der Waals surface area (Å²) < 4.78 is 1.77. The topological polar surface area (TPSA) is 46.9 Å². The summed E-state index contributed by atoms with van der Waals surface area (Å²) in [5.74, 6) is 1.27. The molecule has 1 heterocycles. The maximum absolute atomic E-state index is 11.7. The van der Waals surface area contributed by atoms with Crippen molar-refractivity contribution in [2.75, 3.05) is 11.1 Å². The SMILES string of the molecule is Cc1ccc(NC(=O)CSCc2cnn(C)c2)cc1. The number of aryl methyl sites for hydroxylation is 2. The molecule has 0 saturated carbocycles. The monoisotopic (exact) mass is 275 g/mol. The van der Waals surface area contributed by atoms with Crippen LogP contribution in [0.2, 0.25) is 0 Å². The first-order valence-corrected chi connectivity index (χ1v) is 7.21. The highest BCUT2D eigenvalue weighted by Gasteiger charge is 2.03. The van der Waals surface area contributed by atoms with E-state index in [1.807, 2.05) is 50.6 Å². The van der Waals surface area contributed by atoms with E-state index in [1.165, 1.54) is 5.56 Å². The normalized spacial score (nSPS) is 10.4. The molecule has 0 spiro atoms. The fourth-order valence-electron chi connectivity index (χ4n) is 1.64. The minimum absolute atomic E-state index is 0.0257. The molecular formula is C14H17N3OS. The Bertz CT molecular complexity index is 548. The average Bonchev–Trinajstić information content (AvgIpc) is 2.78. The van der Waals surface area contributed by atoms with Gasteiger partial charge in [0.15, 0.2) is 0 Å². The van der Waals surface area contributed by atoms with Crippen molar-refractivity contribution in [2.45, 2.75) is 12.7 Å². The molecule has 0 aliphatic heterocycles. The molecule has 1 amide bonds. The first kappa shape index (κ1) is 13.7. The van der Waals surface area contributed by atoms with Crippen LogP contribution in [0.4, 0.5) is 5.69 Å². The molecule has 0 atom stereocenters. The molecule has 100 valence electrons. The van der Waals surface area contributed by atoms with Gasteiger partial charge in [0.25, 0.3) is 0 Å². The van der Waals surface area contributed by atoms with Crippen molar-refractivity contribution < 1.29 is 4.79 Å². The Balaban J connectivity index is 1.74. The Morgan fingerprint density at radius 1 is 1.37 bits per heavy atom. The van der Waals surface area contributed by atoms with Gasteiger partial charge in [0.2, 0.25) is 5.91 Å². The van der Waals surface area contributed by atoms with E-state index in [-0.39, 0.29) is 5.91 Å². The number of rotatable bonds is 5. The predicted molar refractivity (Wildman–Crippen MR) is 79.2 cm³/mol. The van der Waals surface area contributed by atoms with Gasteiger partial charge >= 0.3 is 0 Å². The summed E-state index contributed by atoms with van der Waals surface area (Å²) in [7, 11) is 1.89. The summed E-state index contributed by atoms with van der Waals surface area (Å²) in [5.41, 5.74) is 3.16. The Labute approximate surface area is 117 Å². The summed E-state index contributed by atoms with van der Waals surface area (Å²) in [5, 5.41) is 6.97. The molecule has 19 heavy (non-hydrogen) atoms. The van der Waals surface area contributed by atoms with Gasteiger partial charge < -0.3 is 5.32 Å². The van der Waals surface area contributed by atoms with Crippen molar-refractivity contribution in [3.63, 3.8) is 0 Å². The molecule has 0 aliphatic carbocycles. The maximum atomic E-state index is 11.7. The lowest BCUT2D eigenvalue weighted by atomic mass is 10.2. The molecule has 1 aromatic heterocycles. The van der Waals surface area contributed by atoms with Crippen LogP contribution >= 0.6 is 11.8 Å². The third-order valence-electron chi connectivity index (χ3n) is 2.60. The van der Waals surface area contributed by atoms with Crippen molar-refractivity contribution in [1.82, 2.24) is 9.78 Å². The molecule has 2 aromatic rings. The molecule has 0 aliphatic rings. The molecule has 0 bridgehead atoms. The van der Waals surface area contributed by atoms with Crippen LogP contribution in [0.5, 0.6) is 0 Å². The van der Waals surface area contributed by atoms with E-state index < -0.39 is 0 Å². The first-order chi connectivity index (χ1) is 9.13. The van der Waals surface area contributed by atoms with Gasteiger partial charge in [-0.3, -0.25) is 9.48 Å². The zero-order valence-corrected chi connectivity index (χ0v) is 11.9. The van der Waals surface area contributed by atoms with Gasteiger partial charge in [0.05, 0.1) is 11.9 Å². The quantitative estimate of drug-likeness (QED) is 0.912. The Hall–Kier alpha value is -1.75. The number of hydrogen-bond donors (Lipinski definition) is 1. The van der Waals surface area contributed by atoms with Crippen LogP contribution in [0.25, 0.3) is 0 Å². The molecule has 2 rings (SSSR count). The standard InChI is InChI=1S/C14H17N3OS/c1-11-3-5-13(6-4-11)16-14(18)10-19-9-12-7-15-17(2)8-12/h3-8H,9-10H2,1-2H3,(H,16,18). The van der Waals surface area contributed by atoms with Gasteiger partial charge in [-0.1, -0.05) is 17.7 Å². The number of aromatic nitrogens is 2. The van der Waals surface area contributed by atoms with Crippen molar-refractivity contribution in [3.05, 3.63) is 47.8 Å². The smallest absolute Gasteiger partial charge is 0.234 e. The zero-order valence-electron chi connectivity index (χ0n) is 11.1. The fraction of sp³-hybridized carbons (Fsp3) is 0.286. The minimum Gasteiger partial charge on any atom is -0.325 e. The molecule has 0 saturated heterocycles. The van der Waals surface area contributed by atoms with Gasteiger partial charge in [0, 0.05) is 24.7 Å². The number of amides is 1. The molecule has 1 aromatic carbocycles. The van der Waals surface area contributed by atoms with Gasteiger partial charge in [-0.05, 0) is 24.6 Å². The third-order valence-corrected chi connectivity index (χ3v) is 3.60. The maximum Gasteiger partial charge on any atom is 0.234 e. The number of anilines is 1. The van der Waals surface area contributed by atoms with Gasteiger partial charge in [-0.25, -0.2) is 0 Å². The van der Waals surface area contributed by atoms with Crippen molar-refractivity contribution in [3.8, 4) is 0 Å². The number of nitrogens with zero attached hydrogens (tertiary/aromatic N) is 2. The predicted octanol–water partition coefficient (Wildman–Crippen LogP) is 2.60. The van der Waals surface area contributed by atoms with E-state index in [1.54, 1.807) is 16.4 Å². The Kier molecular flexibility index (Phi) is 4.63. The summed E-state index contributed by atoms with van der Waals surface area (Å²) in [6, 6.07) is 7.80. The molecular weight excluding hydrogens is 258 g/mol. The minimum atomic E-state index is 0.0257. The Morgan fingerprint density at radius 3 is 2.74 bits per heavy atom. The number of hydrogen-bond acceptors (Lipinski definition) is 3. The molecule has 4 nitrogen and oxygen atoms in total. The summed E-state index contributed by atoms with van der Waals surface area (Å²) in [6.45, 7) is 2.02. The lowest BCUT2D eigenvalue weighted by Gasteiger charge is -2.05. The van der Waals surface area contributed by atoms with Gasteiger partial charge in [-0.15, -0.1) is 11.8 Å². The fourth-order valence-corrected chi connectivity index (χ4v) is 2.39. The molecule has 1 N–H and O–H groups in total. The van der Waals surface area contributed by atoms with E-state index in [9.17, 15) is 4.79 Å². The van der Waals surface area contributed by atoms with E-state index in [0.29, 0.717) is 5.75 Å². The average molecular weight is 275 g/mol. The lowest BCUT2D eigenvalue weighted by Crippen LogP contribution is -2.14. The second kappa shape index (κ2) is 6.43. The summed E-state index contributed by atoms with van der Waals surface area (Å²) in [6.07, 6.45) is 3.79. The number of thioether (sulfide) groups is 1. The van der Waals surface area contributed by atoms with E-state index in [0.717, 1.165) is 17.0 Å². The van der Waals surface area contributed by atoms with Crippen LogP contribution in [0.3, 0.4) is 0 Å². The highest BCUT2D eigenvalue weighted by atomic mass is 32.2. The Morgan fingerprint density at radius 2 is 2.11 bits per heavy atom. The molecule has 0 fully saturated rings. The summed E-state index contributed by atoms with van der Waals surface area (Å²) in [4.78, 5) is 11.7. The lowest BCUT2D eigenvalue weighted by molar-refractivity contribution is -0.113. The van der Waals surface area contributed by atoms with Gasteiger partial charge in [-0.2, -0.15) is 5.10 Å². The number of benzene rings is 1. The number of carbonyl (C=O) groups excluding carboxylic acids is 1. The van der Waals surface area contributed by atoms with E-state index in [2.05, 4.69) is 10.4 Å². The van der Waals surface area contributed by atoms with Gasteiger partial charge in [0.1, 0.15) is 0 Å². The van der Waals surface area contributed by atoms with Crippen LogP contribution in [0, 0.1) is 6.92 Å². The molecule has 5 heteroatoms. The van der Waals surface area contributed by atoms with Crippen LogP contribution in [-0.4, -0.2) is 21.4 Å². The van der Waals surface area contributed by atoms with Crippen LogP contribution in [0.15, 0.2) is 36.7 Å². The van der Waals surface area contributed by atoms with Crippen molar-refractivity contribution in [1.29, 1.82) is 0 Å². The zero-order chi connectivity index (χ0) is 13.7. The van der Waals surface area contributed by atoms with Crippen LogP contribution in [0.1, 0.15) is 11.1 Å². The molecule has 0 unspecified atom stereocenters. The van der Waals surface area contributed by atoms with E-state index >= 15 is 0 Å².